The van der Waals surface area contributed by atoms with E-state index in [9.17, 15) is 4.79 Å². The van der Waals surface area contributed by atoms with Crippen molar-refractivity contribution < 1.29 is 9.53 Å². The molecule has 1 amide bonds. The molecule has 0 aromatic carbocycles. The molecule has 1 aliphatic heterocycles. The van der Waals surface area contributed by atoms with E-state index in [1.807, 2.05) is 14.1 Å². The number of nitrogens with zero attached hydrogens (tertiary/aromatic N) is 1. The van der Waals surface area contributed by atoms with E-state index in [1.54, 1.807) is 7.11 Å². The molecule has 0 radical (unpaired) electrons. The van der Waals surface area contributed by atoms with Gasteiger partial charge in [-0.1, -0.05) is 0 Å². The van der Waals surface area contributed by atoms with Crippen molar-refractivity contribution in [2.45, 2.75) is 37.8 Å². The lowest BCUT2D eigenvalue weighted by Crippen LogP contribution is -2.57. The van der Waals surface area contributed by atoms with E-state index in [4.69, 9.17) is 4.74 Å². The second-order valence-corrected chi connectivity index (χ2v) is 5.84. The van der Waals surface area contributed by atoms with Crippen LogP contribution >= 0.6 is 24.8 Å². The number of piperidine rings is 1. The summed E-state index contributed by atoms with van der Waals surface area (Å²) in [6.07, 6.45) is 1.47. The number of likely N-dealkylation sites (N-methyl/N-ethyl adjacent to an activating group) is 1. The minimum Gasteiger partial charge on any atom is -0.368 e. The van der Waals surface area contributed by atoms with Crippen LogP contribution in [0.1, 0.15) is 26.7 Å². The Morgan fingerprint density at radius 3 is 2.20 bits per heavy atom. The van der Waals surface area contributed by atoms with Crippen LogP contribution in [0, 0.1) is 0 Å². The molecule has 0 aromatic rings. The fourth-order valence-corrected chi connectivity index (χ4v) is 1.97. The van der Waals surface area contributed by atoms with Crippen molar-refractivity contribution in [1.29, 1.82) is 0 Å². The second-order valence-electron chi connectivity index (χ2n) is 5.84. The van der Waals surface area contributed by atoms with E-state index >= 15 is 0 Å². The van der Waals surface area contributed by atoms with Gasteiger partial charge < -0.3 is 20.3 Å². The molecule has 1 heterocycles. The summed E-state index contributed by atoms with van der Waals surface area (Å²) in [6, 6.07) is 0. The van der Waals surface area contributed by atoms with Gasteiger partial charge in [0.05, 0.1) is 0 Å². The number of rotatable bonds is 5. The van der Waals surface area contributed by atoms with Crippen LogP contribution in [0.4, 0.5) is 0 Å². The lowest BCUT2D eigenvalue weighted by molar-refractivity contribution is -0.147. The smallest absolute Gasteiger partial charge is 0.252 e. The van der Waals surface area contributed by atoms with E-state index in [2.05, 4.69) is 29.4 Å². The Bertz CT molecular complexity index is 293. The van der Waals surface area contributed by atoms with Crippen LogP contribution in [-0.2, 0) is 9.53 Å². The van der Waals surface area contributed by atoms with Gasteiger partial charge in [-0.3, -0.25) is 4.79 Å². The topological polar surface area (TPSA) is 53.6 Å². The number of nitrogens with one attached hydrogen (secondary N) is 2. The quantitative estimate of drug-likeness (QED) is 0.791. The molecule has 0 aromatic heterocycles. The highest BCUT2D eigenvalue weighted by molar-refractivity contribution is 5.86. The van der Waals surface area contributed by atoms with Crippen LogP contribution < -0.4 is 10.6 Å². The van der Waals surface area contributed by atoms with Gasteiger partial charge >= 0.3 is 0 Å². The van der Waals surface area contributed by atoms with Crippen molar-refractivity contribution in [1.82, 2.24) is 15.5 Å². The fraction of sp³-hybridized carbons (Fsp3) is 0.923. The summed E-state index contributed by atoms with van der Waals surface area (Å²) < 4.78 is 5.50. The third-order valence-electron chi connectivity index (χ3n) is 4.11. The number of carbonyl (C=O) groups excluding carboxylic acids is 1. The van der Waals surface area contributed by atoms with Crippen LogP contribution in [0.5, 0.6) is 0 Å². The Kier molecular flexibility index (Phi) is 10.1. The summed E-state index contributed by atoms with van der Waals surface area (Å²) in [7, 11) is 5.66. The molecule has 0 spiro atoms. The molecular formula is C13H29Cl2N3O2. The number of amides is 1. The van der Waals surface area contributed by atoms with Gasteiger partial charge in [0.1, 0.15) is 5.60 Å². The fourth-order valence-electron chi connectivity index (χ4n) is 1.97. The number of methoxy groups -OCH3 is 1. The van der Waals surface area contributed by atoms with Gasteiger partial charge in [-0.15, -0.1) is 24.8 Å². The zero-order valence-corrected chi connectivity index (χ0v) is 14.7. The molecule has 1 saturated heterocycles. The van der Waals surface area contributed by atoms with Crippen molar-refractivity contribution in [2.75, 3.05) is 40.8 Å². The summed E-state index contributed by atoms with van der Waals surface area (Å²) in [5.41, 5.74) is -0.703. The van der Waals surface area contributed by atoms with E-state index < -0.39 is 5.60 Å². The highest BCUT2D eigenvalue weighted by Crippen LogP contribution is 2.22. The molecule has 1 rings (SSSR count). The summed E-state index contributed by atoms with van der Waals surface area (Å²) in [6.45, 7) is 6.50. The van der Waals surface area contributed by atoms with Gasteiger partial charge in [0.2, 0.25) is 0 Å². The van der Waals surface area contributed by atoms with Gasteiger partial charge in [0, 0.05) is 19.2 Å². The molecule has 2 N–H and O–H groups in total. The molecule has 1 fully saturated rings. The van der Waals surface area contributed by atoms with Gasteiger partial charge in [-0.2, -0.15) is 0 Å². The first-order valence-electron chi connectivity index (χ1n) is 6.56. The maximum atomic E-state index is 12.3. The summed E-state index contributed by atoms with van der Waals surface area (Å²) >= 11 is 0. The van der Waals surface area contributed by atoms with Gasteiger partial charge in [-0.05, 0) is 53.9 Å². The van der Waals surface area contributed by atoms with E-state index in [0.717, 1.165) is 25.9 Å². The molecule has 0 unspecified atom stereocenters. The molecule has 5 nitrogen and oxygen atoms in total. The molecule has 122 valence electrons. The third-order valence-corrected chi connectivity index (χ3v) is 4.11. The highest BCUT2D eigenvalue weighted by atomic mass is 35.5. The lowest BCUT2D eigenvalue weighted by Gasteiger charge is -2.37. The first kappa shape index (κ1) is 22.2. The number of halogens is 2. The third kappa shape index (κ3) is 5.37. The first-order chi connectivity index (χ1) is 8.34. The Morgan fingerprint density at radius 1 is 1.30 bits per heavy atom. The van der Waals surface area contributed by atoms with Gasteiger partial charge in [0.25, 0.3) is 5.91 Å². The zero-order chi connectivity index (χ0) is 13.8. The monoisotopic (exact) mass is 329 g/mol. The first-order valence-corrected chi connectivity index (χ1v) is 6.56. The average molecular weight is 330 g/mol. The van der Waals surface area contributed by atoms with Crippen molar-refractivity contribution in [2.24, 2.45) is 0 Å². The lowest BCUT2D eigenvalue weighted by atomic mass is 9.90. The predicted molar refractivity (Wildman–Crippen MR) is 87.1 cm³/mol. The molecule has 0 bridgehead atoms. The number of carbonyl (C=O) groups is 1. The minimum atomic E-state index is -0.645. The maximum absolute atomic E-state index is 12.3. The SMILES string of the molecule is COC1(C(=O)NCC(C)(C)N(C)C)CCNCC1.Cl.Cl. The normalized spacial score (nSPS) is 17.9. The Balaban J connectivity index is 0. The maximum Gasteiger partial charge on any atom is 0.252 e. The Labute approximate surface area is 135 Å². The van der Waals surface area contributed by atoms with E-state index in [-0.39, 0.29) is 36.3 Å². The number of ether oxygens (including phenoxy) is 1. The molecule has 20 heavy (non-hydrogen) atoms. The van der Waals surface area contributed by atoms with Gasteiger partial charge in [0.15, 0.2) is 0 Å². The van der Waals surface area contributed by atoms with E-state index in [0.29, 0.717) is 6.54 Å². The van der Waals surface area contributed by atoms with Crippen LogP contribution in [0.25, 0.3) is 0 Å². The molecular weight excluding hydrogens is 301 g/mol. The van der Waals surface area contributed by atoms with Crippen molar-refractivity contribution >= 4 is 30.7 Å². The van der Waals surface area contributed by atoms with Crippen molar-refractivity contribution in [3.63, 3.8) is 0 Å². The zero-order valence-electron chi connectivity index (χ0n) is 13.1. The van der Waals surface area contributed by atoms with Crippen LogP contribution in [0.2, 0.25) is 0 Å². The van der Waals surface area contributed by atoms with E-state index in [1.165, 1.54) is 0 Å². The molecule has 1 aliphatic rings. The Hall–Kier alpha value is -0.0700. The highest BCUT2D eigenvalue weighted by Gasteiger charge is 2.40. The molecule has 7 heteroatoms. The summed E-state index contributed by atoms with van der Waals surface area (Å²) in [4.78, 5) is 14.4. The standard InChI is InChI=1S/C13H27N3O2.2ClH/c1-12(2,16(3)4)10-15-11(17)13(18-5)6-8-14-9-7-13;;/h14H,6-10H2,1-5H3,(H,15,17);2*1H. The summed E-state index contributed by atoms with van der Waals surface area (Å²) in [5, 5.41) is 6.28. The van der Waals surface area contributed by atoms with Crippen molar-refractivity contribution in [3.8, 4) is 0 Å². The second kappa shape index (κ2) is 9.05. The van der Waals surface area contributed by atoms with Crippen LogP contribution in [-0.4, -0.2) is 62.8 Å². The molecule has 0 atom stereocenters. The molecule has 0 aliphatic carbocycles. The Morgan fingerprint density at radius 2 is 1.80 bits per heavy atom. The molecule has 0 saturated carbocycles. The largest absolute Gasteiger partial charge is 0.368 e. The predicted octanol–water partition coefficient (Wildman–Crippen LogP) is 1.05. The van der Waals surface area contributed by atoms with Crippen LogP contribution in [0.3, 0.4) is 0 Å². The average Bonchev–Trinajstić information content (AvgIpc) is 2.36. The summed E-state index contributed by atoms with van der Waals surface area (Å²) in [5.74, 6) is 0.0152. The van der Waals surface area contributed by atoms with Gasteiger partial charge in [-0.25, -0.2) is 0 Å². The van der Waals surface area contributed by atoms with Crippen molar-refractivity contribution in [3.05, 3.63) is 0 Å². The minimum absolute atomic E-state index is 0. The number of hydrogen-bond acceptors (Lipinski definition) is 4. The van der Waals surface area contributed by atoms with Crippen LogP contribution in [0.15, 0.2) is 0 Å². The number of hydrogen-bond donors (Lipinski definition) is 2.